The number of hydrogen-bond donors (Lipinski definition) is 2. The number of rotatable bonds is 16. The Balaban J connectivity index is 1.71. The van der Waals surface area contributed by atoms with Crippen molar-refractivity contribution in [3.63, 3.8) is 0 Å². The molecule has 0 amide bonds. The highest BCUT2D eigenvalue weighted by Gasteiger charge is 2.54. The molecule has 2 N–H and O–H groups in total. The predicted molar refractivity (Wildman–Crippen MR) is 258 cm³/mol. The van der Waals surface area contributed by atoms with Crippen LogP contribution in [-0.4, -0.2) is 177 Å². The van der Waals surface area contributed by atoms with Crippen molar-refractivity contribution in [2.45, 2.75) is 192 Å². The molecule has 5 unspecified atom stereocenters. The number of aliphatic hydroxyl groups excluding tert-OH is 2. The summed E-state index contributed by atoms with van der Waals surface area (Å²) in [4.78, 5) is 68.4. The quantitative estimate of drug-likeness (QED) is 0.130. The number of esters is 4. The van der Waals surface area contributed by atoms with Crippen LogP contribution in [0.2, 0.25) is 0 Å². The number of likely N-dealkylation sites (N-methyl/N-ethyl adjacent to an activating group) is 2. The van der Waals surface area contributed by atoms with E-state index in [1.165, 1.54) is 32.2 Å². The second kappa shape index (κ2) is 28.3. The van der Waals surface area contributed by atoms with Crippen molar-refractivity contribution in [3.8, 4) is 6.07 Å². The molecule has 20 heteroatoms. The first kappa shape index (κ1) is 60.1. The molecule has 404 valence electrons. The first-order valence-electron chi connectivity index (χ1n) is 25.0. The van der Waals surface area contributed by atoms with Crippen LogP contribution in [0.5, 0.6) is 0 Å². The van der Waals surface area contributed by atoms with Gasteiger partial charge in [-0.15, -0.1) is 0 Å². The van der Waals surface area contributed by atoms with Gasteiger partial charge in [0, 0.05) is 52.7 Å². The number of cyclic esters (lactones) is 1. The number of benzene rings is 1. The van der Waals surface area contributed by atoms with E-state index < -0.39 is 133 Å². The maximum Gasteiger partial charge on any atom is 0.309 e. The molecule has 3 aliphatic heterocycles. The fraction of sp³-hybridized carbons (Fsp3) is 0.731. The van der Waals surface area contributed by atoms with Crippen molar-refractivity contribution in [1.82, 2.24) is 9.80 Å². The molecule has 1 aromatic rings. The van der Waals surface area contributed by atoms with Crippen LogP contribution in [0.15, 0.2) is 24.3 Å². The summed E-state index contributed by atoms with van der Waals surface area (Å²) in [6.07, 6.45) is -7.81. The van der Waals surface area contributed by atoms with Gasteiger partial charge >= 0.3 is 23.9 Å². The number of β-amino-alcohol motifs (C(OH)–C–C–N with tert-alkyl or cyclic N) is 1. The van der Waals surface area contributed by atoms with Gasteiger partial charge in [-0.25, -0.2) is 4.39 Å². The van der Waals surface area contributed by atoms with Gasteiger partial charge in [-0.2, -0.15) is 5.26 Å². The van der Waals surface area contributed by atoms with E-state index in [9.17, 15) is 43.8 Å². The minimum Gasteiger partial charge on any atom is -0.462 e. The molecule has 19 nitrogen and oxygen atoms in total. The third kappa shape index (κ3) is 16.8. The molecule has 0 spiro atoms. The predicted octanol–water partition coefficient (Wildman–Crippen LogP) is 4.64. The molecule has 1 aromatic carbocycles. The summed E-state index contributed by atoms with van der Waals surface area (Å²) in [7, 11) is 6.67. The zero-order valence-corrected chi connectivity index (χ0v) is 43.7. The lowest BCUT2D eigenvalue weighted by atomic mass is 9.82. The van der Waals surface area contributed by atoms with Crippen LogP contribution in [0, 0.1) is 29.0 Å². The van der Waals surface area contributed by atoms with Crippen molar-refractivity contribution >= 4 is 36.2 Å². The van der Waals surface area contributed by atoms with Gasteiger partial charge in [0.05, 0.1) is 42.4 Å². The smallest absolute Gasteiger partial charge is 0.309 e. The van der Waals surface area contributed by atoms with Gasteiger partial charge in [0.1, 0.15) is 48.7 Å². The number of halogens is 1. The monoisotopic (exact) mass is 1020 g/mol. The Morgan fingerprint density at radius 3 is 2.33 bits per heavy atom. The average molecular weight is 1020 g/mol. The highest BCUT2D eigenvalue weighted by Crippen LogP contribution is 2.39. The molecule has 3 fully saturated rings. The fourth-order valence-electron chi connectivity index (χ4n) is 9.94. The number of aldehydes is 1. The summed E-state index contributed by atoms with van der Waals surface area (Å²) >= 11 is 0. The van der Waals surface area contributed by atoms with E-state index in [2.05, 4.69) is 0 Å². The van der Waals surface area contributed by atoms with Gasteiger partial charge in [-0.05, 0) is 97.3 Å². The molecular formula is C52H78FN3O16. The zero-order chi connectivity index (χ0) is 53.4. The lowest BCUT2D eigenvalue weighted by molar-refractivity contribution is -0.344. The van der Waals surface area contributed by atoms with Crippen molar-refractivity contribution in [2.75, 3.05) is 41.3 Å². The van der Waals surface area contributed by atoms with Crippen LogP contribution >= 0.6 is 0 Å². The lowest BCUT2D eigenvalue weighted by Gasteiger charge is -2.50. The van der Waals surface area contributed by atoms with Gasteiger partial charge in [-0.1, -0.05) is 39.0 Å². The van der Waals surface area contributed by atoms with Crippen molar-refractivity contribution in [1.29, 1.82) is 5.26 Å². The summed E-state index contributed by atoms with van der Waals surface area (Å²) < 4.78 is 69.8. The number of ether oxygens (including phenoxy) is 9. The van der Waals surface area contributed by atoms with E-state index in [0.717, 1.165) is 0 Å². The molecule has 0 radical (unpaired) electrons. The van der Waals surface area contributed by atoms with Gasteiger partial charge in [0.25, 0.3) is 0 Å². The Hall–Kier alpha value is -4.43. The van der Waals surface area contributed by atoms with Crippen LogP contribution in [-0.2, 0) is 66.6 Å². The number of hydrogen-bond acceptors (Lipinski definition) is 19. The van der Waals surface area contributed by atoms with Crippen molar-refractivity contribution in [2.24, 2.45) is 11.8 Å². The maximum atomic E-state index is 14.1. The Morgan fingerprint density at radius 1 is 1.01 bits per heavy atom. The van der Waals surface area contributed by atoms with E-state index in [1.54, 1.807) is 65.8 Å². The van der Waals surface area contributed by atoms with Crippen LogP contribution in [0.25, 0.3) is 6.08 Å². The first-order chi connectivity index (χ1) is 34.1. The van der Waals surface area contributed by atoms with Crippen molar-refractivity contribution < 1.29 is 81.2 Å². The molecular weight excluding hydrogens is 942 g/mol. The van der Waals surface area contributed by atoms with E-state index in [1.807, 2.05) is 24.9 Å². The summed E-state index contributed by atoms with van der Waals surface area (Å²) in [5, 5.41) is 33.3. The van der Waals surface area contributed by atoms with E-state index in [0.29, 0.717) is 31.2 Å². The zero-order valence-electron chi connectivity index (χ0n) is 43.7. The molecule has 0 saturated carbocycles. The Kier molecular flexibility index (Phi) is 23.6. The van der Waals surface area contributed by atoms with Crippen molar-refractivity contribution in [3.05, 3.63) is 41.2 Å². The van der Waals surface area contributed by atoms with Gasteiger partial charge in [-0.3, -0.25) is 19.2 Å². The van der Waals surface area contributed by atoms with Crippen LogP contribution in [0.3, 0.4) is 0 Å². The average Bonchev–Trinajstić information content (AvgIpc) is 3.30. The van der Waals surface area contributed by atoms with Crippen LogP contribution < -0.4 is 0 Å². The third-order valence-electron chi connectivity index (χ3n) is 13.6. The second-order valence-corrected chi connectivity index (χ2v) is 19.7. The van der Waals surface area contributed by atoms with E-state index in [-0.39, 0.29) is 50.6 Å². The summed E-state index contributed by atoms with van der Waals surface area (Å²) in [5.74, 6) is -4.31. The number of carbonyl (C=O) groups is 5. The molecule has 3 saturated heterocycles. The summed E-state index contributed by atoms with van der Waals surface area (Å²) in [6, 6.07) is 5.12. The molecule has 3 aliphatic rings. The lowest BCUT2D eigenvalue weighted by Crippen LogP contribution is -2.66. The van der Waals surface area contributed by atoms with Gasteiger partial charge in [0.2, 0.25) is 0 Å². The maximum absolute atomic E-state index is 14.1. The molecule has 16 atom stereocenters. The molecule has 0 bridgehead atoms. The third-order valence-corrected chi connectivity index (χ3v) is 13.6. The first-order valence-corrected chi connectivity index (χ1v) is 25.0. The topological polar surface area (TPSA) is 239 Å². The molecule has 4 rings (SSSR count). The minimum atomic E-state index is -1.47. The fourth-order valence-corrected chi connectivity index (χ4v) is 9.94. The van der Waals surface area contributed by atoms with Crippen LogP contribution in [0.4, 0.5) is 4.39 Å². The Morgan fingerprint density at radius 2 is 1.71 bits per heavy atom. The normalized spacial score (nSPS) is 34.7. The van der Waals surface area contributed by atoms with E-state index >= 15 is 0 Å². The highest BCUT2D eigenvalue weighted by atomic mass is 19.1. The SMILES string of the molecule is CCC(=O)O[C@@H]1CC(=O)O[C@@H](CC=Cc2ccc(F)c(C#N)c2)CCCN(C)C[C@H](O)[C@H](C)C[C@H](CC=O)[C@H](O[C@@H]2OC(C)[C@@H](O[C@H]3CC(C)(OC(C)=O)[C@@H](OC(=O)CC)C(C)O3)C(N(C)C)C2O)[C@H]1OC. The second-order valence-electron chi connectivity index (χ2n) is 19.7. The standard InChI is InChI=1S/C52H78FN3O16/c1-12-41(60)68-40-26-43(62)67-37(17-14-16-34-19-20-38(53)36(25-34)28-54)18-15-22-56(10)29-39(59)30(3)24-35(21-23-57)48(49(40)64-11)71-51-46(63)45(55(8)9)47(31(4)66-51)70-44-27-52(7,72-33(6)58)50(32(5)65-44)69-42(61)13-2/h14,16,19-20,23,25,30-32,35,37,39-40,44-51,59,63H,12-13,15,17-18,21-22,24,26-27,29H2,1-11H3/t30-,31?,32?,35+,37+,39+,40-,44+,45?,46?,47-,48+,49+,50+,51+,52?/m1/s1. The molecule has 0 aliphatic carbocycles. The molecule has 72 heavy (non-hydrogen) atoms. The number of nitrogens with zero attached hydrogens (tertiary/aromatic N) is 3. The largest absolute Gasteiger partial charge is 0.462 e. The molecule has 0 aromatic heterocycles. The number of nitriles is 1. The summed E-state index contributed by atoms with van der Waals surface area (Å²) in [5.41, 5.74) is -0.885. The number of aliphatic hydroxyl groups is 2. The number of carbonyl (C=O) groups excluding carboxylic acids is 5. The van der Waals surface area contributed by atoms with Crippen LogP contribution in [0.1, 0.15) is 117 Å². The molecule has 3 heterocycles. The van der Waals surface area contributed by atoms with E-state index in [4.69, 9.17) is 42.6 Å². The Labute approximate surface area is 423 Å². The van der Waals surface area contributed by atoms with Gasteiger partial charge in [0.15, 0.2) is 24.3 Å². The minimum absolute atomic E-state index is 0.0411. The number of methoxy groups -OCH3 is 1. The highest BCUT2D eigenvalue weighted by molar-refractivity contribution is 5.73. The summed E-state index contributed by atoms with van der Waals surface area (Å²) in [6.45, 7) is 12.2. The van der Waals surface area contributed by atoms with Gasteiger partial charge < -0.3 is 67.4 Å². The Bertz CT molecular complexity index is 2020.